The van der Waals surface area contributed by atoms with Crippen LogP contribution in [-0.2, 0) is 16.4 Å². The normalized spacial score (nSPS) is 14.0. The third-order valence-electron chi connectivity index (χ3n) is 3.62. The van der Waals surface area contributed by atoms with Crippen LogP contribution < -0.4 is 14.8 Å². The lowest BCUT2D eigenvalue weighted by molar-refractivity contribution is 0.402. The molecule has 0 bridgehead atoms. The third-order valence-corrected chi connectivity index (χ3v) is 5.46. The zero-order valence-electron chi connectivity index (χ0n) is 11.6. The fourth-order valence-corrected chi connectivity index (χ4v) is 4.33. The highest BCUT2D eigenvalue weighted by Crippen LogP contribution is 2.39. The van der Waals surface area contributed by atoms with Crippen LogP contribution in [0, 0.1) is 0 Å². The van der Waals surface area contributed by atoms with Crippen molar-refractivity contribution in [3.05, 3.63) is 48.0 Å². The van der Waals surface area contributed by atoms with Crippen LogP contribution in [-0.4, -0.2) is 22.1 Å². The van der Waals surface area contributed by atoms with Crippen LogP contribution in [0.1, 0.15) is 5.56 Å². The molecule has 0 aliphatic carbocycles. The van der Waals surface area contributed by atoms with Crippen LogP contribution in [0.25, 0.3) is 0 Å². The number of hydrogen-bond donors (Lipinski definition) is 1. The number of nitrogens with zero attached hydrogens (tertiary/aromatic N) is 1. The molecule has 0 unspecified atom stereocenters. The Morgan fingerprint density at radius 2 is 1.90 bits per heavy atom. The topological polar surface area (TPSA) is 72.6 Å². The van der Waals surface area contributed by atoms with Gasteiger partial charge in [0.25, 0.3) is 10.0 Å². The smallest absolute Gasteiger partial charge is 0.268 e. The van der Waals surface area contributed by atoms with E-state index in [1.54, 1.807) is 30.3 Å². The summed E-state index contributed by atoms with van der Waals surface area (Å²) in [6.45, 7) is 0.393. The van der Waals surface area contributed by atoms with Crippen LogP contribution in [0.15, 0.2) is 47.4 Å². The molecule has 0 fully saturated rings. The zero-order chi connectivity index (χ0) is 15.0. The summed E-state index contributed by atoms with van der Waals surface area (Å²) in [6.07, 6.45) is 0.661. The van der Waals surface area contributed by atoms with Gasteiger partial charge in [0.05, 0.1) is 18.5 Å². The number of fused-ring (bicyclic) bond motifs is 1. The second kappa shape index (κ2) is 4.96. The van der Waals surface area contributed by atoms with E-state index in [1.165, 1.54) is 11.4 Å². The number of rotatable bonds is 3. The van der Waals surface area contributed by atoms with Crippen molar-refractivity contribution in [2.24, 2.45) is 0 Å². The third kappa shape index (κ3) is 2.12. The van der Waals surface area contributed by atoms with Crippen LogP contribution in [0.5, 0.6) is 5.75 Å². The first-order valence-electron chi connectivity index (χ1n) is 6.59. The first kappa shape index (κ1) is 13.8. The second-order valence-corrected chi connectivity index (χ2v) is 6.66. The van der Waals surface area contributed by atoms with Gasteiger partial charge in [-0.2, -0.15) is 0 Å². The maximum absolute atomic E-state index is 12.9. The molecular weight excluding hydrogens is 288 g/mol. The first-order chi connectivity index (χ1) is 10.1. The average Bonchev–Trinajstić information content (AvgIpc) is 2.93. The summed E-state index contributed by atoms with van der Waals surface area (Å²) >= 11 is 0. The van der Waals surface area contributed by atoms with Crippen molar-refractivity contribution in [3.8, 4) is 5.75 Å². The number of nitrogen functional groups attached to an aromatic ring is 1. The molecule has 21 heavy (non-hydrogen) atoms. The monoisotopic (exact) mass is 304 g/mol. The van der Waals surface area contributed by atoms with Crippen molar-refractivity contribution in [1.29, 1.82) is 0 Å². The van der Waals surface area contributed by atoms with E-state index in [2.05, 4.69) is 0 Å². The Morgan fingerprint density at radius 3 is 2.67 bits per heavy atom. The van der Waals surface area contributed by atoms with Crippen LogP contribution in [0.3, 0.4) is 0 Å². The van der Waals surface area contributed by atoms with Gasteiger partial charge >= 0.3 is 0 Å². The van der Waals surface area contributed by atoms with Crippen LogP contribution >= 0.6 is 0 Å². The van der Waals surface area contributed by atoms with E-state index in [0.29, 0.717) is 30.1 Å². The molecule has 110 valence electrons. The Kier molecular flexibility index (Phi) is 3.25. The SMILES string of the molecule is COc1ccccc1S(=O)(=O)N1CCc2cccc(N)c21. The molecule has 6 heteroatoms. The second-order valence-electron chi connectivity index (χ2n) is 4.83. The van der Waals surface area contributed by atoms with Crippen molar-refractivity contribution in [3.63, 3.8) is 0 Å². The number of sulfonamides is 1. The predicted octanol–water partition coefficient (Wildman–Crippen LogP) is 2.03. The van der Waals surface area contributed by atoms with Gasteiger partial charge in [0.2, 0.25) is 0 Å². The minimum absolute atomic E-state index is 0.156. The van der Waals surface area contributed by atoms with Crippen molar-refractivity contribution in [1.82, 2.24) is 0 Å². The number of ether oxygens (including phenoxy) is 1. The molecule has 3 rings (SSSR count). The predicted molar refractivity (Wildman–Crippen MR) is 82.1 cm³/mol. The van der Waals surface area contributed by atoms with Gasteiger partial charge in [-0.05, 0) is 30.2 Å². The largest absolute Gasteiger partial charge is 0.495 e. The van der Waals surface area contributed by atoms with Gasteiger partial charge in [0.1, 0.15) is 10.6 Å². The minimum atomic E-state index is -3.69. The fourth-order valence-electron chi connectivity index (χ4n) is 2.64. The lowest BCUT2D eigenvalue weighted by atomic mass is 10.1. The van der Waals surface area contributed by atoms with Gasteiger partial charge in [0.15, 0.2) is 0 Å². The molecule has 0 aromatic heterocycles. The quantitative estimate of drug-likeness (QED) is 0.881. The number of hydrogen-bond acceptors (Lipinski definition) is 4. The first-order valence-corrected chi connectivity index (χ1v) is 8.03. The van der Waals surface area contributed by atoms with Gasteiger partial charge in [-0.15, -0.1) is 0 Å². The number of nitrogens with two attached hydrogens (primary N) is 1. The Morgan fingerprint density at radius 1 is 1.14 bits per heavy atom. The summed E-state index contributed by atoms with van der Waals surface area (Å²) in [5.74, 6) is 0.334. The Balaban J connectivity index is 2.14. The van der Waals surface area contributed by atoms with E-state index in [9.17, 15) is 8.42 Å². The zero-order valence-corrected chi connectivity index (χ0v) is 12.4. The molecule has 2 N–H and O–H groups in total. The minimum Gasteiger partial charge on any atom is -0.495 e. The molecule has 0 saturated carbocycles. The molecule has 0 saturated heterocycles. The van der Waals surface area contributed by atoms with Gasteiger partial charge in [-0.25, -0.2) is 8.42 Å². The van der Waals surface area contributed by atoms with E-state index >= 15 is 0 Å². The summed E-state index contributed by atoms with van der Waals surface area (Å²) in [4.78, 5) is 0.156. The molecule has 2 aromatic rings. The van der Waals surface area contributed by atoms with Gasteiger partial charge in [-0.1, -0.05) is 24.3 Å². The Labute approximate surface area is 124 Å². The summed E-state index contributed by atoms with van der Waals surface area (Å²) < 4.78 is 32.4. The maximum atomic E-state index is 12.9. The highest BCUT2D eigenvalue weighted by molar-refractivity contribution is 7.93. The van der Waals surface area contributed by atoms with Gasteiger partial charge in [-0.3, -0.25) is 4.31 Å². The van der Waals surface area contributed by atoms with E-state index in [1.807, 2.05) is 12.1 Å². The highest BCUT2D eigenvalue weighted by Gasteiger charge is 2.33. The molecular formula is C15H16N2O3S. The summed E-state index contributed by atoms with van der Waals surface area (Å²) in [6, 6.07) is 12.1. The van der Waals surface area contributed by atoms with E-state index < -0.39 is 10.0 Å². The van der Waals surface area contributed by atoms with Crippen molar-refractivity contribution in [2.75, 3.05) is 23.7 Å². The number of para-hydroxylation sites is 2. The van der Waals surface area contributed by atoms with E-state index in [0.717, 1.165) is 5.56 Å². The summed E-state index contributed by atoms with van der Waals surface area (Å²) in [7, 11) is -2.23. The molecule has 0 amide bonds. The molecule has 1 aliphatic rings. The van der Waals surface area contributed by atoms with Crippen molar-refractivity contribution >= 4 is 21.4 Å². The highest BCUT2D eigenvalue weighted by atomic mass is 32.2. The number of benzene rings is 2. The summed E-state index contributed by atoms with van der Waals surface area (Å²) in [5.41, 5.74) is 7.98. The van der Waals surface area contributed by atoms with E-state index in [-0.39, 0.29) is 4.90 Å². The summed E-state index contributed by atoms with van der Waals surface area (Å²) in [5, 5.41) is 0. The molecule has 5 nitrogen and oxygen atoms in total. The molecule has 0 atom stereocenters. The van der Waals surface area contributed by atoms with Crippen molar-refractivity contribution in [2.45, 2.75) is 11.3 Å². The van der Waals surface area contributed by atoms with Gasteiger partial charge in [0, 0.05) is 6.54 Å². The van der Waals surface area contributed by atoms with E-state index in [4.69, 9.17) is 10.5 Å². The molecule has 0 spiro atoms. The molecule has 1 heterocycles. The molecule has 2 aromatic carbocycles. The number of anilines is 2. The number of methoxy groups -OCH3 is 1. The maximum Gasteiger partial charge on any atom is 0.268 e. The standard InChI is InChI=1S/C15H16N2O3S/c1-20-13-7-2-3-8-14(13)21(18,19)17-10-9-11-5-4-6-12(16)15(11)17/h2-8H,9-10,16H2,1H3. The lowest BCUT2D eigenvalue weighted by Gasteiger charge is -2.22. The van der Waals surface area contributed by atoms with Gasteiger partial charge < -0.3 is 10.5 Å². The Hall–Kier alpha value is -2.21. The van der Waals surface area contributed by atoms with Crippen LogP contribution in [0.4, 0.5) is 11.4 Å². The fraction of sp³-hybridized carbons (Fsp3) is 0.200. The average molecular weight is 304 g/mol. The van der Waals surface area contributed by atoms with Crippen molar-refractivity contribution < 1.29 is 13.2 Å². The van der Waals surface area contributed by atoms with Crippen LogP contribution in [0.2, 0.25) is 0 Å². The Bertz CT molecular complexity index is 787. The molecule has 1 aliphatic heterocycles. The lowest BCUT2D eigenvalue weighted by Crippen LogP contribution is -2.30. The molecule has 0 radical (unpaired) electrons.